The lowest BCUT2D eigenvalue weighted by atomic mass is 10.1. The van der Waals surface area contributed by atoms with Gasteiger partial charge in [0.2, 0.25) is 0 Å². The van der Waals surface area contributed by atoms with Gasteiger partial charge in [-0.1, -0.05) is 19.9 Å². The van der Waals surface area contributed by atoms with Crippen molar-refractivity contribution in [2.45, 2.75) is 26.8 Å². The van der Waals surface area contributed by atoms with Crippen molar-refractivity contribution in [1.82, 2.24) is 0 Å². The van der Waals surface area contributed by atoms with E-state index >= 15 is 0 Å². The molecule has 0 saturated heterocycles. The van der Waals surface area contributed by atoms with Crippen molar-refractivity contribution in [2.75, 3.05) is 26.9 Å². The highest BCUT2D eigenvalue weighted by Crippen LogP contribution is 2.32. The Bertz CT molecular complexity index is 378. The summed E-state index contributed by atoms with van der Waals surface area (Å²) < 4.78 is 16.5. The fourth-order valence-corrected chi connectivity index (χ4v) is 1.81. The number of nitrogens with two attached hydrogens (primary N) is 1. The standard InChI is InChI=1S/C15H25NO3/c1-11(2)10-18-8-9-19-14-7-5-6-13(17-4)15(14)12(3)16/h5-7,11-12H,8-10,16H2,1-4H3/t12-/m0/s1. The van der Waals surface area contributed by atoms with Crippen molar-refractivity contribution in [1.29, 1.82) is 0 Å². The van der Waals surface area contributed by atoms with Gasteiger partial charge < -0.3 is 19.9 Å². The first-order valence-corrected chi connectivity index (χ1v) is 6.69. The molecule has 1 atom stereocenters. The molecule has 2 N–H and O–H groups in total. The van der Waals surface area contributed by atoms with E-state index in [2.05, 4.69) is 13.8 Å². The molecule has 0 bridgehead atoms. The molecule has 4 heteroatoms. The minimum atomic E-state index is -0.136. The zero-order valence-electron chi connectivity index (χ0n) is 12.3. The minimum absolute atomic E-state index is 0.136. The molecule has 0 amide bonds. The summed E-state index contributed by atoms with van der Waals surface area (Å²) in [4.78, 5) is 0. The van der Waals surface area contributed by atoms with Gasteiger partial charge in [-0.05, 0) is 25.0 Å². The molecule has 19 heavy (non-hydrogen) atoms. The van der Waals surface area contributed by atoms with Crippen LogP contribution in [0.3, 0.4) is 0 Å². The van der Waals surface area contributed by atoms with Crippen LogP contribution in [0.5, 0.6) is 11.5 Å². The molecule has 0 aliphatic rings. The summed E-state index contributed by atoms with van der Waals surface area (Å²) in [5.74, 6) is 2.06. The molecule has 0 spiro atoms. The van der Waals surface area contributed by atoms with E-state index < -0.39 is 0 Å². The third-order valence-electron chi connectivity index (χ3n) is 2.64. The second kappa shape index (κ2) is 8.02. The summed E-state index contributed by atoms with van der Waals surface area (Å²) in [6.07, 6.45) is 0. The summed E-state index contributed by atoms with van der Waals surface area (Å²) in [5.41, 5.74) is 6.87. The van der Waals surface area contributed by atoms with Crippen LogP contribution in [0.1, 0.15) is 32.4 Å². The van der Waals surface area contributed by atoms with Gasteiger partial charge in [0.05, 0.1) is 19.3 Å². The first-order chi connectivity index (χ1) is 9.06. The number of ether oxygens (including phenoxy) is 3. The first kappa shape index (κ1) is 15.8. The Morgan fingerprint density at radius 3 is 2.37 bits per heavy atom. The zero-order valence-corrected chi connectivity index (χ0v) is 12.3. The maximum atomic E-state index is 5.97. The molecule has 1 aromatic rings. The highest BCUT2D eigenvalue weighted by Gasteiger charge is 2.14. The molecule has 0 radical (unpaired) electrons. The fraction of sp³-hybridized carbons (Fsp3) is 0.600. The van der Waals surface area contributed by atoms with E-state index in [1.54, 1.807) is 7.11 Å². The second-order valence-electron chi connectivity index (χ2n) is 4.98. The van der Waals surface area contributed by atoms with Crippen molar-refractivity contribution in [3.8, 4) is 11.5 Å². The zero-order chi connectivity index (χ0) is 14.3. The molecule has 1 rings (SSSR count). The molecule has 0 fully saturated rings. The summed E-state index contributed by atoms with van der Waals surface area (Å²) >= 11 is 0. The molecular formula is C15H25NO3. The van der Waals surface area contributed by atoms with Gasteiger partial charge in [0.25, 0.3) is 0 Å². The lowest BCUT2D eigenvalue weighted by Gasteiger charge is -2.17. The molecule has 0 unspecified atom stereocenters. The summed E-state index contributed by atoms with van der Waals surface area (Å²) in [6.45, 7) is 8.00. The largest absolute Gasteiger partial charge is 0.496 e. The maximum Gasteiger partial charge on any atom is 0.127 e. The fourth-order valence-electron chi connectivity index (χ4n) is 1.81. The average molecular weight is 267 g/mol. The Morgan fingerprint density at radius 2 is 1.79 bits per heavy atom. The maximum absolute atomic E-state index is 5.97. The van der Waals surface area contributed by atoms with Crippen LogP contribution in [0.25, 0.3) is 0 Å². The molecular weight excluding hydrogens is 242 g/mol. The number of benzene rings is 1. The van der Waals surface area contributed by atoms with E-state index in [1.807, 2.05) is 25.1 Å². The normalized spacial score (nSPS) is 12.5. The van der Waals surface area contributed by atoms with Crippen LogP contribution in [0.2, 0.25) is 0 Å². The van der Waals surface area contributed by atoms with E-state index in [0.29, 0.717) is 19.1 Å². The van der Waals surface area contributed by atoms with E-state index in [9.17, 15) is 0 Å². The summed E-state index contributed by atoms with van der Waals surface area (Å²) in [5, 5.41) is 0. The lowest BCUT2D eigenvalue weighted by Crippen LogP contribution is -2.13. The van der Waals surface area contributed by atoms with Gasteiger partial charge in [-0.2, -0.15) is 0 Å². The third-order valence-corrected chi connectivity index (χ3v) is 2.64. The molecule has 0 heterocycles. The Labute approximate surface area is 115 Å². The van der Waals surface area contributed by atoms with Crippen molar-refractivity contribution < 1.29 is 14.2 Å². The van der Waals surface area contributed by atoms with Gasteiger partial charge in [-0.15, -0.1) is 0 Å². The highest BCUT2D eigenvalue weighted by molar-refractivity contribution is 5.46. The van der Waals surface area contributed by atoms with Gasteiger partial charge in [0.1, 0.15) is 18.1 Å². The molecule has 1 aromatic carbocycles. The van der Waals surface area contributed by atoms with Gasteiger partial charge in [0, 0.05) is 12.6 Å². The van der Waals surface area contributed by atoms with E-state index in [1.165, 1.54) is 0 Å². The first-order valence-electron chi connectivity index (χ1n) is 6.69. The van der Waals surface area contributed by atoms with Crippen molar-refractivity contribution >= 4 is 0 Å². The molecule has 0 aliphatic carbocycles. The predicted molar refractivity (Wildman–Crippen MR) is 76.7 cm³/mol. The van der Waals surface area contributed by atoms with Crippen LogP contribution in [-0.4, -0.2) is 26.9 Å². The monoisotopic (exact) mass is 267 g/mol. The second-order valence-corrected chi connectivity index (χ2v) is 4.98. The summed E-state index contributed by atoms with van der Waals surface area (Å²) in [6, 6.07) is 5.56. The minimum Gasteiger partial charge on any atom is -0.496 e. The van der Waals surface area contributed by atoms with Gasteiger partial charge >= 0.3 is 0 Å². The van der Waals surface area contributed by atoms with Gasteiger partial charge in [-0.25, -0.2) is 0 Å². The smallest absolute Gasteiger partial charge is 0.127 e. The average Bonchev–Trinajstić information content (AvgIpc) is 2.37. The Hall–Kier alpha value is -1.26. The summed E-state index contributed by atoms with van der Waals surface area (Å²) in [7, 11) is 1.64. The molecule has 0 aliphatic heterocycles. The molecule has 4 nitrogen and oxygen atoms in total. The van der Waals surface area contributed by atoms with Crippen LogP contribution < -0.4 is 15.2 Å². The van der Waals surface area contributed by atoms with Crippen LogP contribution in [0.4, 0.5) is 0 Å². The van der Waals surface area contributed by atoms with Crippen molar-refractivity contribution in [3.63, 3.8) is 0 Å². The van der Waals surface area contributed by atoms with Crippen LogP contribution in [-0.2, 0) is 4.74 Å². The predicted octanol–water partition coefficient (Wildman–Crippen LogP) is 2.77. The van der Waals surface area contributed by atoms with Crippen LogP contribution in [0.15, 0.2) is 18.2 Å². The van der Waals surface area contributed by atoms with E-state index in [-0.39, 0.29) is 6.04 Å². The SMILES string of the molecule is COc1cccc(OCCOCC(C)C)c1[C@H](C)N. The third kappa shape index (κ3) is 5.09. The van der Waals surface area contributed by atoms with Crippen molar-refractivity contribution in [3.05, 3.63) is 23.8 Å². The topological polar surface area (TPSA) is 53.7 Å². The Kier molecular flexibility index (Phi) is 6.67. The van der Waals surface area contributed by atoms with Gasteiger partial charge in [0.15, 0.2) is 0 Å². The lowest BCUT2D eigenvalue weighted by molar-refractivity contribution is 0.0814. The van der Waals surface area contributed by atoms with E-state index in [0.717, 1.165) is 23.7 Å². The van der Waals surface area contributed by atoms with Crippen LogP contribution >= 0.6 is 0 Å². The number of hydrogen-bond acceptors (Lipinski definition) is 4. The Balaban J connectivity index is 2.58. The number of methoxy groups -OCH3 is 1. The molecule has 0 aromatic heterocycles. The number of hydrogen-bond donors (Lipinski definition) is 1. The van der Waals surface area contributed by atoms with Crippen LogP contribution in [0, 0.1) is 5.92 Å². The number of rotatable bonds is 8. The molecule has 0 saturated carbocycles. The Morgan fingerprint density at radius 1 is 1.11 bits per heavy atom. The molecule has 108 valence electrons. The highest BCUT2D eigenvalue weighted by atomic mass is 16.5. The van der Waals surface area contributed by atoms with Crippen molar-refractivity contribution in [2.24, 2.45) is 11.7 Å². The van der Waals surface area contributed by atoms with E-state index in [4.69, 9.17) is 19.9 Å². The van der Waals surface area contributed by atoms with Gasteiger partial charge in [-0.3, -0.25) is 0 Å². The quantitative estimate of drug-likeness (QED) is 0.736.